The van der Waals surface area contributed by atoms with Crippen LogP contribution >= 0.6 is 15.9 Å². The van der Waals surface area contributed by atoms with E-state index in [0.29, 0.717) is 56.2 Å². The molecule has 0 saturated heterocycles. The van der Waals surface area contributed by atoms with Crippen LogP contribution in [0, 0.1) is 37.1 Å². The van der Waals surface area contributed by atoms with E-state index in [2.05, 4.69) is 61.5 Å². The molecule has 0 fully saturated rings. The number of halogens is 5. The first-order valence-electron chi connectivity index (χ1n) is 16.4. The van der Waals surface area contributed by atoms with Crippen molar-refractivity contribution in [1.82, 2.24) is 50.2 Å². The summed E-state index contributed by atoms with van der Waals surface area (Å²) in [5, 5.41) is 19.6. The van der Waals surface area contributed by atoms with Crippen LogP contribution in [0.1, 0.15) is 22.3 Å². The number of alkyl halides is 1. The fraction of sp³-hybridized carbons (Fsp3) is 0.135. The molecule has 0 aliphatic heterocycles. The lowest BCUT2D eigenvalue weighted by Gasteiger charge is -2.07. The van der Waals surface area contributed by atoms with Crippen LogP contribution in [0.15, 0.2) is 99.4 Å². The molecule has 2 N–H and O–H groups in total. The summed E-state index contributed by atoms with van der Waals surface area (Å²) < 4.78 is 69.0. The number of hydrogen-bond acceptors (Lipinski definition) is 11. The highest BCUT2D eigenvalue weighted by Crippen LogP contribution is 2.25. The van der Waals surface area contributed by atoms with Gasteiger partial charge in [0.25, 0.3) is 11.4 Å². The van der Waals surface area contributed by atoms with Gasteiger partial charge >= 0.3 is 0 Å². The van der Waals surface area contributed by atoms with Gasteiger partial charge in [0.2, 0.25) is 11.6 Å². The van der Waals surface area contributed by atoms with Crippen LogP contribution in [0.4, 0.5) is 17.6 Å². The third-order valence-corrected chi connectivity index (χ3v) is 8.51. The molecule has 0 saturated carbocycles. The zero-order valence-electron chi connectivity index (χ0n) is 29.6. The lowest BCUT2D eigenvalue weighted by atomic mass is 10.1. The molecule has 0 atom stereocenters. The van der Waals surface area contributed by atoms with Gasteiger partial charge in [-0.1, -0.05) is 50.5 Å². The molecule has 0 aliphatic carbocycles. The van der Waals surface area contributed by atoms with Gasteiger partial charge in [-0.25, -0.2) is 18.7 Å². The largest absolute Gasteiger partial charge is 0.479 e. The Balaban J connectivity index is 0.000000159. The van der Waals surface area contributed by atoms with Crippen LogP contribution in [0.2, 0.25) is 0 Å². The summed E-state index contributed by atoms with van der Waals surface area (Å²) in [5.74, 6) is -1.78. The molecule has 2 aromatic carbocycles. The first kappa shape index (κ1) is 38.9. The molecule has 0 unspecified atom stereocenters. The Morgan fingerprint density at radius 2 is 1.43 bits per heavy atom. The third-order valence-electron chi connectivity index (χ3n) is 7.86. The predicted molar refractivity (Wildman–Crippen MR) is 197 cm³/mol. The second kappa shape index (κ2) is 17.6. The van der Waals surface area contributed by atoms with Gasteiger partial charge in [-0.15, -0.1) is 0 Å². The maximum atomic E-state index is 13.9. The lowest BCUT2D eigenvalue weighted by Crippen LogP contribution is -2.12. The van der Waals surface area contributed by atoms with Crippen LogP contribution in [0.5, 0.6) is 5.88 Å². The van der Waals surface area contributed by atoms with Gasteiger partial charge in [0.05, 0.1) is 31.7 Å². The van der Waals surface area contributed by atoms with Gasteiger partial charge in [-0.2, -0.15) is 24.0 Å². The van der Waals surface area contributed by atoms with Crippen molar-refractivity contribution in [3.05, 3.63) is 141 Å². The van der Waals surface area contributed by atoms with E-state index in [1.165, 1.54) is 25.7 Å². The minimum absolute atomic E-state index is 0.111. The highest BCUT2D eigenvalue weighted by Gasteiger charge is 2.17. The lowest BCUT2D eigenvalue weighted by molar-refractivity contribution is 0.367. The fourth-order valence-corrected chi connectivity index (χ4v) is 5.23. The SMILES string of the molecule is COc1nc(-c2cc(-c3ccon3)n[nH]2)ncc1F.Cc1ccc(CBr)cc1F.Cc1ccc(Cn2nc(-c3ncc(F)c(=O)[nH]3)cc2-c2ccon2)cc1F. The van der Waals surface area contributed by atoms with Crippen LogP contribution in [0.25, 0.3) is 45.8 Å². The molecule has 56 heavy (non-hydrogen) atoms. The molecule has 0 bridgehead atoms. The van der Waals surface area contributed by atoms with Gasteiger partial charge in [0.15, 0.2) is 11.6 Å². The van der Waals surface area contributed by atoms with Crippen molar-refractivity contribution in [1.29, 1.82) is 0 Å². The number of ether oxygens (including phenoxy) is 1. The number of nitrogens with zero attached hydrogens (tertiary/aromatic N) is 8. The number of nitrogens with one attached hydrogen (secondary N) is 2. The van der Waals surface area contributed by atoms with Crippen molar-refractivity contribution in [2.45, 2.75) is 25.7 Å². The molecular weight excluding hydrogens is 804 g/mol. The number of rotatable bonds is 8. The highest BCUT2D eigenvalue weighted by molar-refractivity contribution is 9.08. The van der Waals surface area contributed by atoms with E-state index in [-0.39, 0.29) is 35.7 Å². The summed E-state index contributed by atoms with van der Waals surface area (Å²) in [6.45, 7) is 3.70. The van der Waals surface area contributed by atoms with E-state index in [0.717, 1.165) is 18.0 Å². The monoisotopic (exact) mass is 832 g/mol. The van der Waals surface area contributed by atoms with Gasteiger partial charge in [-0.3, -0.25) is 14.6 Å². The normalized spacial score (nSPS) is 10.7. The van der Waals surface area contributed by atoms with E-state index in [1.807, 2.05) is 6.07 Å². The van der Waals surface area contributed by atoms with Crippen molar-refractivity contribution < 1.29 is 31.3 Å². The van der Waals surface area contributed by atoms with Crippen molar-refractivity contribution in [2.24, 2.45) is 0 Å². The Morgan fingerprint density at radius 1 is 0.768 bits per heavy atom. The molecule has 8 aromatic rings. The Labute approximate surface area is 322 Å². The summed E-state index contributed by atoms with van der Waals surface area (Å²) in [7, 11) is 1.34. The molecule has 19 heteroatoms. The topological polar surface area (TPSA) is 179 Å². The molecule has 14 nitrogen and oxygen atoms in total. The van der Waals surface area contributed by atoms with E-state index in [9.17, 15) is 22.4 Å². The zero-order valence-corrected chi connectivity index (χ0v) is 31.2. The van der Waals surface area contributed by atoms with Gasteiger partial charge in [0, 0.05) is 17.5 Å². The van der Waals surface area contributed by atoms with Gasteiger partial charge in [-0.05, 0) is 60.4 Å². The number of aromatic amines is 2. The number of H-pyrrole nitrogens is 2. The quantitative estimate of drug-likeness (QED) is 0.114. The maximum Gasteiger partial charge on any atom is 0.287 e. The molecular formula is C37H29BrF4N10O4. The molecule has 286 valence electrons. The summed E-state index contributed by atoms with van der Waals surface area (Å²) in [4.78, 5) is 25.5. The Bertz CT molecular complexity index is 2610. The highest BCUT2D eigenvalue weighted by atomic mass is 79.9. The van der Waals surface area contributed by atoms with Gasteiger partial charge < -0.3 is 18.8 Å². The summed E-state index contributed by atoms with van der Waals surface area (Å²) in [5.41, 5.74) is 5.10. The molecule has 6 aromatic heterocycles. The van der Waals surface area contributed by atoms with E-state index in [4.69, 9.17) is 13.8 Å². The van der Waals surface area contributed by atoms with E-state index >= 15 is 0 Å². The number of hydrogen-bond donors (Lipinski definition) is 2. The second-order valence-corrected chi connectivity index (χ2v) is 12.3. The average molecular weight is 834 g/mol. The Hall–Kier alpha value is -6.76. The summed E-state index contributed by atoms with van der Waals surface area (Å²) in [6.07, 6.45) is 4.73. The van der Waals surface area contributed by atoms with Crippen LogP contribution < -0.4 is 10.3 Å². The summed E-state index contributed by atoms with van der Waals surface area (Å²) in [6, 6.07) is 16.8. The second-order valence-electron chi connectivity index (χ2n) is 11.8. The first-order chi connectivity index (χ1) is 27.0. The first-order valence-corrected chi connectivity index (χ1v) is 17.5. The molecule has 6 heterocycles. The minimum Gasteiger partial charge on any atom is -0.479 e. The molecule has 0 radical (unpaired) electrons. The van der Waals surface area contributed by atoms with Crippen molar-refractivity contribution >= 4 is 15.9 Å². The number of aromatic nitrogens is 10. The predicted octanol–water partition coefficient (Wildman–Crippen LogP) is 7.62. The smallest absolute Gasteiger partial charge is 0.287 e. The molecule has 0 aliphatic rings. The number of aryl methyl sites for hydroxylation is 2. The van der Waals surface area contributed by atoms with Crippen molar-refractivity contribution in [3.8, 4) is 51.7 Å². The van der Waals surface area contributed by atoms with Crippen LogP contribution in [-0.2, 0) is 11.9 Å². The van der Waals surface area contributed by atoms with Gasteiger partial charge in [0.1, 0.15) is 52.6 Å². The minimum atomic E-state index is -0.981. The zero-order chi connectivity index (χ0) is 39.8. The molecule has 0 spiro atoms. The number of methoxy groups -OCH3 is 1. The van der Waals surface area contributed by atoms with E-state index < -0.39 is 17.2 Å². The summed E-state index contributed by atoms with van der Waals surface area (Å²) >= 11 is 3.25. The Morgan fingerprint density at radius 3 is 2.05 bits per heavy atom. The average Bonchev–Trinajstić information content (AvgIpc) is 4.04. The fourth-order valence-electron chi connectivity index (χ4n) is 4.88. The van der Waals surface area contributed by atoms with Crippen LogP contribution in [0.3, 0.4) is 0 Å². The van der Waals surface area contributed by atoms with Crippen molar-refractivity contribution in [2.75, 3.05) is 7.11 Å². The van der Waals surface area contributed by atoms with Crippen molar-refractivity contribution in [3.63, 3.8) is 0 Å². The molecule has 8 rings (SSSR count). The standard InChI is InChI=1S/C18H13F2N5O2.C11H8FN5O2.C8H8BrF/c1-10-2-3-11(6-12(10)19)9-25-16(14-4-5-27-24-14)7-15(23-25)17-21-8-13(20)18(26)22-17;1-18-11-6(12)5-13-10(14-11)9-4-8(15-16-9)7-2-3-19-17-7;1-6-2-3-7(5-9)4-8(6)10/h2-8H,9H2,1H3,(H,21,22,26);2-5H,1H3,(H,15,16);2-4H,5H2,1H3. The van der Waals surface area contributed by atoms with E-state index in [1.54, 1.807) is 67.1 Å². The maximum absolute atomic E-state index is 13.9. The van der Waals surface area contributed by atoms with Crippen LogP contribution in [-0.4, -0.2) is 57.3 Å². The Kier molecular flexibility index (Phi) is 12.2. The molecule has 0 amide bonds. The number of benzene rings is 2. The third kappa shape index (κ3) is 9.30.